The molecule has 170 valence electrons. The van der Waals surface area contributed by atoms with Crippen LogP contribution in [0.4, 0.5) is 13.2 Å². The average Bonchev–Trinajstić information content (AvgIpc) is 2.66. The number of carbonyl (C=O) groups excluding carboxylic acids is 1. The number of hydrogen-bond acceptors (Lipinski definition) is 4. The van der Waals surface area contributed by atoms with Gasteiger partial charge in [0.2, 0.25) is 0 Å². The maximum absolute atomic E-state index is 12.7. The van der Waals surface area contributed by atoms with Gasteiger partial charge < -0.3 is 25.8 Å². The van der Waals surface area contributed by atoms with Crippen LogP contribution in [0.3, 0.4) is 0 Å². The number of carbonyl (C=O) groups is 2. The predicted octanol–water partition coefficient (Wildman–Crippen LogP) is 4.34. The molecule has 0 fully saturated rings. The summed E-state index contributed by atoms with van der Waals surface area (Å²) in [6, 6.07) is 6.07. The number of carboxylic acid groups (broad SMARTS) is 1. The Morgan fingerprint density at radius 2 is 1.72 bits per heavy atom. The van der Waals surface area contributed by atoms with Gasteiger partial charge in [-0.25, -0.2) is 4.79 Å². The normalized spacial score (nSPS) is 11.9. The van der Waals surface area contributed by atoms with Gasteiger partial charge in [-0.3, -0.25) is 4.79 Å². The summed E-state index contributed by atoms with van der Waals surface area (Å²) in [4.78, 5) is 25.2. The van der Waals surface area contributed by atoms with Crippen molar-refractivity contribution >= 4 is 85.4 Å². The molecule has 3 N–H and O–H groups in total. The molecular weight excluding hydrogens is 776 g/mol. The van der Waals surface area contributed by atoms with Crippen LogP contribution in [-0.2, 0) is 16.0 Å². The summed E-state index contributed by atoms with van der Waals surface area (Å²) < 4.78 is 45.7. The van der Waals surface area contributed by atoms with Crippen molar-refractivity contribution in [2.24, 2.45) is 0 Å². The van der Waals surface area contributed by atoms with Crippen LogP contribution in [0.2, 0.25) is 0 Å². The largest absolute Gasteiger partial charge is 0.507 e. The lowest BCUT2D eigenvalue weighted by Crippen LogP contribution is -2.49. The van der Waals surface area contributed by atoms with E-state index in [1.807, 2.05) is 72.6 Å². The van der Waals surface area contributed by atoms with Crippen LogP contribution >= 0.6 is 67.8 Å². The van der Waals surface area contributed by atoms with Gasteiger partial charge in [-0.15, -0.1) is 0 Å². The number of carboxylic acids is 1. The Bertz CT molecular complexity index is 1100. The number of halogens is 6. The number of phenolic OH excluding ortho intramolecular Hbond substituents is 1. The van der Waals surface area contributed by atoms with E-state index in [9.17, 15) is 33.0 Å². The maximum atomic E-state index is 12.7. The summed E-state index contributed by atoms with van der Waals surface area (Å²) in [5, 5.41) is 20.7. The lowest BCUT2D eigenvalue weighted by atomic mass is 10.1. The highest BCUT2D eigenvalue weighted by atomic mass is 127. The van der Waals surface area contributed by atoms with Gasteiger partial charge in [0, 0.05) is 6.42 Å². The first-order valence-corrected chi connectivity index (χ1v) is 11.5. The van der Waals surface area contributed by atoms with E-state index in [-0.39, 0.29) is 12.2 Å². The average molecular weight is 787 g/mol. The molecule has 0 heterocycles. The molecule has 1 amide bonds. The number of aliphatic carboxylic acids is 1. The highest BCUT2D eigenvalue weighted by Gasteiger charge is 2.50. The number of ether oxygens (including phenoxy) is 1. The third kappa shape index (κ3) is 6.92. The standard InChI is InChI=1S/C18H11F3I3N3O5/c19-18(20,21)15(27-25)16(29)26-12(17(30)31)5-7-3-10(23)14(11(24)4-7)32-8-1-2-13(28)9(22)6-8/h1-4,6,12,28H,5H2,(H,26,29)(H,30,31)/t12-/m0/s1. The molecule has 32 heavy (non-hydrogen) atoms. The summed E-state index contributed by atoms with van der Waals surface area (Å²) in [5.41, 5.74) is 6.72. The van der Waals surface area contributed by atoms with Crippen molar-refractivity contribution in [3.8, 4) is 17.2 Å². The number of amides is 1. The van der Waals surface area contributed by atoms with Gasteiger partial charge in [0.15, 0.2) is 5.75 Å². The molecule has 8 nitrogen and oxygen atoms in total. The van der Waals surface area contributed by atoms with E-state index in [0.29, 0.717) is 27.8 Å². The van der Waals surface area contributed by atoms with Crippen LogP contribution in [0.5, 0.6) is 17.2 Å². The number of rotatable bonds is 7. The number of phenols is 1. The van der Waals surface area contributed by atoms with Crippen LogP contribution in [-0.4, -0.2) is 44.8 Å². The lowest BCUT2D eigenvalue weighted by Gasteiger charge is -2.16. The molecule has 2 rings (SSSR count). The van der Waals surface area contributed by atoms with E-state index >= 15 is 0 Å². The van der Waals surface area contributed by atoms with Crippen LogP contribution in [0.25, 0.3) is 5.53 Å². The first kappa shape index (κ1) is 26.6. The second-order valence-corrected chi connectivity index (χ2v) is 9.61. The van der Waals surface area contributed by atoms with E-state index in [1.54, 1.807) is 29.6 Å². The van der Waals surface area contributed by atoms with E-state index in [4.69, 9.17) is 10.3 Å². The molecule has 0 radical (unpaired) electrons. The quantitative estimate of drug-likeness (QED) is 0.166. The van der Waals surface area contributed by atoms with Crippen molar-refractivity contribution in [1.82, 2.24) is 5.32 Å². The van der Waals surface area contributed by atoms with Crippen LogP contribution in [0.1, 0.15) is 5.56 Å². The van der Waals surface area contributed by atoms with Gasteiger partial charge in [0.1, 0.15) is 17.5 Å². The summed E-state index contributed by atoms with van der Waals surface area (Å²) in [5.74, 6) is -2.42. The van der Waals surface area contributed by atoms with Crippen molar-refractivity contribution in [2.45, 2.75) is 18.6 Å². The minimum atomic E-state index is -5.25. The van der Waals surface area contributed by atoms with Crippen molar-refractivity contribution in [2.75, 3.05) is 0 Å². The summed E-state index contributed by atoms with van der Waals surface area (Å²) in [6.45, 7) is 0. The highest BCUT2D eigenvalue weighted by Crippen LogP contribution is 2.35. The van der Waals surface area contributed by atoms with E-state index in [1.165, 1.54) is 6.07 Å². The number of nitrogens with zero attached hydrogens (tertiary/aromatic N) is 2. The number of nitrogens with one attached hydrogen (secondary N) is 1. The molecule has 14 heteroatoms. The minimum absolute atomic E-state index is 0.0966. The number of benzene rings is 2. The fraction of sp³-hybridized carbons (Fsp3) is 0.167. The van der Waals surface area contributed by atoms with E-state index < -0.39 is 29.8 Å². The number of aromatic hydroxyl groups is 1. The molecule has 0 saturated heterocycles. The molecule has 0 saturated carbocycles. The Kier molecular flexibility index (Phi) is 9.12. The summed E-state index contributed by atoms with van der Waals surface area (Å²) in [6.07, 6.45) is -5.58. The van der Waals surface area contributed by atoms with Crippen molar-refractivity contribution in [1.29, 1.82) is 0 Å². The highest BCUT2D eigenvalue weighted by molar-refractivity contribution is 14.1. The Morgan fingerprint density at radius 1 is 1.12 bits per heavy atom. The molecule has 2 aromatic carbocycles. The third-order valence-electron chi connectivity index (χ3n) is 3.82. The minimum Gasteiger partial charge on any atom is -0.507 e. The zero-order chi connectivity index (χ0) is 24.2. The van der Waals surface area contributed by atoms with Gasteiger partial charge in [-0.2, -0.15) is 18.0 Å². The van der Waals surface area contributed by atoms with E-state index in [0.717, 1.165) is 0 Å². The summed E-state index contributed by atoms with van der Waals surface area (Å²) >= 11 is 5.85. The Morgan fingerprint density at radius 3 is 2.19 bits per heavy atom. The number of alkyl halides is 3. The second kappa shape index (κ2) is 11.0. The lowest BCUT2D eigenvalue weighted by molar-refractivity contribution is -0.145. The zero-order valence-corrected chi connectivity index (χ0v) is 21.9. The topological polar surface area (TPSA) is 132 Å². The molecule has 0 spiro atoms. The Labute approximate surface area is 219 Å². The molecule has 0 unspecified atom stereocenters. The Balaban J connectivity index is 2.25. The van der Waals surface area contributed by atoms with Crippen molar-refractivity contribution in [3.05, 3.63) is 52.1 Å². The van der Waals surface area contributed by atoms with E-state index in [2.05, 4.69) is 0 Å². The van der Waals surface area contributed by atoms with Crippen LogP contribution in [0.15, 0.2) is 30.3 Å². The maximum Gasteiger partial charge on any atom is 0.501 e. The van der Waals surface area contributed by atoms with Gasteiger partial charge in [0.05, 0.1) is 10.7 Å². The molecule has 0 aliphatic heterocycles. The monoisotopic (exact) mass is 787 g/mol. The van der Waals surface area contributed by atoms with Crippen molar-refractivity contribution < 1.29 is 42.5 Å². The molecule has 0 bridgehead atoms. The fourth-order valence-corrected chi connectivity index (χ4v) is 4.99. The second-order valence-electron chi connectivity index (χ2n) is 6.12. The first-order valence-electron chi connectivity index (χ1n) is 8.30. The van der Waals surface area contributed by atoms with Gasteiger partial charge in [-0.05, 0) is 104 Å². The predicted molar refractivity (Wildman–Crippen MR) is 131 cm³/mol. The molecule has 2 aromatic rings. The van der Waals surface area contributed by atoms with Gasteiger partial charge in [0.25, 0.3) is 0 Å². The smallest absolute Gasteiger partial charge is 0.501 e. The third-order valence-corrected chi connectivity index (χ3v) is 6.29. The van der Waals surface area contributed by atoms with Crippen LogP contribution < -0.4 is 10.1 Å². The van der Waals surface area contributed by atoms with Gasteiger partial charge in [-0.1, -0.05) is 0 Å². The molecule has 0 aliphatic rings. The van der Waals surface area contributed by atoms with Crippen LogP contribution in [0, 0.1) is 10.7 Å². The molecular formula is C18H11F3I3N3O5. The van der Waals surface area contributed by atoms with Gasteiger partial charge >= 0.3 is 23.8 Å². The Hall–Kier alpha value is -1.66. The SMILES string of the molecule is [N-]=[N+]=C(C(=O)N[C@@H](Cc1cc(I)c(Oc2ccc(O)c(I)c2)c(I)c1)C(=O)O)C(F)(F)F. The fourth-order valence-electron chi connectivity index (χ4n) is 2.39. The summed E-state index contributed by atoms with van der Waals surface area (Å²) in [7, 11) is 0. The zero-order valence-electron chi connectivity index (χ0n) is 15.5. The first-order chi connectivity index (χ1) is 14.8. The van der Waals surface area contributed by atoms with Crippen molar-refractivity contribution in [3.63, 3.8) is 0 Å². The number of hydrogen-bond donors (Lipinski definition) is 3. The molecule has 0 aromatic heterocycles. The molecule has 0 aliphatic carbocycles. The molecule has 1 atom stereocenters.